The van der Waals surface area contributed by atoms with Crippen molar-refractivity contribution < 1.29 is 14.8 Å². The number of aryl methyl sites for hydroxylation is 1. The van der Waals surface area contributed by atoms with Crippen LogP contribution in [0.1, 0.15) is 53.4 Å². The molecule has 0 bridgehead atoms. The van der Waals surface area contributed by atoms with Gasteiger partial charge in [0.15, 0.2) is 0 Å². The van der Waals surface area contributed by atoms with Crippen LogP contribution in [0.3, 0.4) is 0 Å². The zero-order valence-corrected chi connectivity index (χ0v) is 17.6. The summed E-state index contributed by atoms with van der Waals surface area (Å²) in [5, 5.41) is 13.0. The number of fused-ring (bicyclic) bond motifs is 1. The highest BCUT2D eigenvalue weighted by Crippen LogP contribution is 2.26. The Morgan fingerprint density at radius 3 is 2.61 bits per heavy atom. The summed E-state index contributed by atoms with van der Waals surface area (Å²) in [5.74, 6) is -1.02. The second kappa shape index (κ2) is 9.27. The quantitative estimate of drug-likeness (QED) is 0.420. The van der Waals surface area contributed by atoms with Crippen LogP contribution in [-0.4, -0.2) is 28.0 Å². The molecule has 1 fully saturated rings. The number of para-hydroxylation sites is 1. The van der Waals surface area contributed by atoms with Gasteiger partial charge in [0.05, 0.1) is 11.4 Å². The van der Waals surface area contributed by atoms with E-state index in [-0.39, 0.29) is 17.9 Å². The fourth-order valence-electron chi connectivity index (χ4n) is 4.41. The number of hydrogen-bond acceptors (Lipinski definition) is 4. The highest BCUT2D eigenvalue weighted by atomic mass is 16.5. The molecule has 1 aliphatic carbocycles. The first kappa shape index (κ1) is 21.0. The van der Waals surface area contributed by atoms with Crippen LogP contribution >= 0.6 is 0 Å². The molecule has 0 aliphatic heterocycles. The minimum absolute atomic E-state index is 0.197. The van der Waals surface area contributed by atoms with Crippen LogP contribution in [0.4, 0.5) is 0 Å². The number of hydroxylamine groups is 1. The number of rotatable bonds is 6. The normalized spacial score (nSPS) is 18.1. The van der Waals surface area contributed by atoms with E-state index in [9.17, 15) is 9.59 Å². The lowest BCUT2D eigenvalue weighted by Crippen LogP contribution is -2.43. The summed E-state index contributed by atoms with van der Waals surface area (Å²) in [7, 11) is 0. The van der Waals surface area contributed by atoms with E-state index < -0.39 is 5.91 Å². The van der Waals surface area contributed by atoms with E-state index in [1.165, 1.54) is 5.56 Å². The average Bonchev–Trinajstić information content (AvgIpc) is 3.27. The van der Waals surface area contributed by atoms with Gasteiger partial charge in [-0.05, 0) is 61.1 Å². The van der Waals surface area contributed by atoms with E-state index >= 15 is 0 Å². The lowest BCUT2D eigenvalue weighted by Gasteiger charge is -2.19. The molecule has 6 nitrogen and oxygen atoms in total. The molecule has 1 aromatic heterocycles. The Kier molecular flexibility index (Phi) is 6.28. The van der Waals surface area contributed by atoms with E-state index in [2.05, 4.69) is 24.4 Å². The van der Waals surface area contributed by atoms with E-state index in [1.54, 1.807) is 5.48 Å². The number of pyridine rings is 1. The maximum absolute atomic E-state index is 12.7. The van der Waals surface area contributed by atoms with Gasteiger partial charge < -0.3 is 5.32 Å². The lowest BCUT2D eigenvalue weighted by atomic mass is 9.98. The van der Waals surface area contributed by atoms with Gasteiger partial charge in [-0.15, -0.1) is 0 Å². The van der Waals surface area contributed by atoms with Gasteiger partial charge >= 0.3 is 0 Å². The largest absolute Gasteiger partial charge is 0.349 e. The van der Waals surface area contributed by atoms with Gasteiger partial charge in [-0.3, -0.25) is 19.8 Å². The lowest BCUT2D eigenvalue weighted by molar-refractivity contribution is -0.133. The molecule has 0 radical (unpaired) electrons. The molecule has 1 saturated carbocycles. The molecule has 160 valence electrons. The number of nitrogens with one attached hydrogen (secondary N) is 2. The van der Waals surface area contributed by atoms with Crippen LogP contribution in [0.15, 0.2) is 54.6 Å². The number of carbonyl (C=O) groups excluding carboxylic acids is 2. The van der Waals surface area contributed by atoms with Crippen LogP contribution in [-0.2, 0) is 17.6 Å². The number of nitrogens with zero attached hydrogens (tertiary/aromatic N) is 1. The summed E-state index contributed by atoms with van der Waals surface area (Å²) in [6, 6.07) is 17.7. The van der Waals surface area contributed by atoms with Gasteiger partial charge in [0.1, 0.15) is 0 Å². The predicted molar refractivity (Wildman–Crippen MR) is 119 cm³/mol. The standard InChI is InChI=1S/C25H27N3O3/c1-2-19-15-18(20-6-3-4-8-22(20)26-19)14-16-10-12-17(13-11-16)24(29)27-23-9-5-7-21(23)25(30)28-31/h3-4,6,8,10-13,15,21,23,31H,2,5,7,9,14H2,1H3,(H,27,29)(H,28,30)/t21-,23+/m0/s1. The predicted octanol–water partition coefficient (Wildman–Crippen LogP) is 3.79. The van der Waals surface area contributed by atoms with Crippen molar-refractivity contribution in [3.8, 4) is 0 Å². The summed E-state index contributed by atoms with van der Waals surface area (Å²) in [4.78, 5) is 29.2. The third-order valence-electron chi connectivity index (χ3n) is 6.11. The molecule has 0 spiro atoms. The summed E-state index contributed by atoms with van der Waals surface area (Å²) in [5.41, 5.74) is 6.69. The molecule has 0 saturated heterocycles. The van der Waals surface area contributed by atoms with Crippen molar-refractivity contribution in [2.24, 2.45) is 5.92 Å². The molecule has 3 aromatic rings. The first-order valence-electron chi connectivity index (χ1n) is 10.8. The zero-order chi connectivity index (χ0) is 21.8. The number of aromatic nitrogens is 1. The van der Waals surface area contributed by atoms with Crippen LogP contribution < -0.4 is 10.8 Å². The molecule has 2 atom stereocenters. The summed E-state index contributed by atoms with van der Waals surface area (Å²) in [6.07, 6.45) is 3.89. The van der Waals surface area contributed by atoms with Crippen molar-refractivity contribution in [1.29, 1.82) is 0 Å². The molecule has 0 unspecified atom stereocenters. The van der Waals surface area contributed by atoms with Gasteiger partial charge in [-0.1, -0.05) is 43.7 Å². The van der Waals surface area contributed by atoms with Crippen molar-refractivity contribution in [3.63, 3.8) is 0 Å². The van der Waals surface area contributed by atoms with Crippen LogP contribution in [0.2, 0.25) is 0 Å². The smallest absolute Gasteiger partial charge is 0.251 e. The third-order valence-corrected chi connectivity index (χ3v) is 6.11. The fourth-order valence-corrected chi connectivity index (χ4v) is 4.41. The van der Waals surface area contributed by atoms with Crippen molar-refractivity contribution in [3.05, 3.63) is 77.0 Å². The Morgan fingerprint density at radius 2 is 1.87 bits per heavy atom. The molecule has 31 heavy (non-hydrogen) atoms. The van der Waals surface area contributed by atoms with Crippen molar-refractivity contribution in [2.75, 3.05) is 0 Å². The van der Waals surface area contributed by atoms with E-state index in [4.69, 9.17) is 10.2 Å². The summed E-state index contributed by atoms with van der Waals surface area (Å²) in [6.45, 7) is 2.10. The monoisotopic (exact) mass is 417 g/mol. The van der Waals surface area contributed by atoms with Crippen LogP contribution in [0, 0.1) is 5.92 Å². The first-order chi connectivity index (χ1) is 15.1. The Labute approximate surface area is 181 Å². The average molecular weight is 418 g/mol. The Morgan fingerprint density at radius 1 is 1.10 bits per heavy atom. The number of benzene rings is 2. The highest BCUT2D eigenvalue weighted by molar-refractivity contribution is 5.95. The number of carbonyl (C=O) groups is 2. The number of amides is 2. The van der Waals surface area contributed by atoms with Gasteiger partial charge in [-0.2, -0.15) is 0 Å². The molecular weight excluding hydrogens is 390 g/mol. The summed E-state index contributed by atoms with van der Waals surface area (Å²) < 4.78 is 0. The van der Waals surface area contributed by atoms with Crippen molar-refractivity contribution >= 4 is 22.7 Å². The Hall–Kier alpha value is -3.25. The first-order valence-corrected chi connectivity index (χ1v) is 10.8. The Bertz CT molecular complexity index is 1090. The van der Waals surface area contributed by atoms with E-state index in [1.807, 2.05) is 42.5 Å². The molecular formula is C25H27N3O3. The molecule has 1 heterocycles. The van der Waals surface area contributed by atoms with Gasteiger partial charge in [0.25, 0.3) is 5.91 Å². The Balaban J connectivity index is 1.48. The van der Waals surface area contributed by atoms with Crippen LogP contribution in [0.25, 0.3) is 10.9 Å². The van der Waals surface area contributed by atoms with Gasteiger partial charge in [0.2, 0.25) is 5.91 Å². The van der Waals surface area contributed by atoms with E-state index in [0.717, 1.165) is 47.8 Å². The maximum atomic E-state index is 12.7. The second-order valence-corrected chi connectivity index (χ2v) is 8.11. The molecule has 2 amide bonds. The van der Waals surface area contributed by atoms with E-state index in [0.29, 0.717) is 12.0 Å². The number of hydrogen-bond donors (Lipinski definition) is 3. The molecule has 4 rings (SSSR count). The second-order valence-electron chi connectivity index (χ2n) is 8.11. The molecule has 6 heteroatoms. The van der Waals surface area contributed by atoms with Crippen molar-refractivity contribution in [1.82, 2.24) is 15.8 Å². The fraction of sp³-hybridized carbons (Fsp3) is 0.320. The van der Waals surface area contributed by atoms with Crippen LogP contribution in [0.5, 0.6) is 0 Å². The summed E-state index contributed by atoms with van der Waals surface area (Å²) >= 11 is 0. The minimum atomic E-state index is -0.436. The SMILES string of the molecule is CCc1cc(Cc2ccc(C(=O)N[C@@H]3CCC[C@@H]3C(=O)NO)cc2)c2ccccc2n1. The topological polar surface area (TPSA) is 91.3 Å². The maximum Gasteiger partial charge on any atom is 0.251 e. The van der Waals surface area contributed by atoms with Gasteiger partial charge in [0, 0.05) is 22.7 Å². The minimum Gasteiger partial charge on any atom is -0.349 e. The molecule has 1 aliphatic rings. The third kappa shape index (κ3) is 4.59. The highest BCUT2D eigenvalue weighted by Gasteiger charge is 2.34. The van der Waals surface area contributed by atoms with Crippen molar-refractivity contribution in [2.45, 2.75) is 45.1 Å². The van der Waals surface area contributed by atoms with Gasteiger partial charge in [-0.25, -0.2) is 5.48 Å². The zero-order valence-electron chi connectivity index (χ0n) is 17.6. The molecule has 2 aromatic carbocycles. The molecule has 3 N–H and O–H groups in total.